The Balaban J connectivity index is 3.19. The van der Waals surface area contributed by atoms with Gasteiger partial charge < -0.3 is 0 Å². The van der Waals surface area contributed by atoms with Crippen LogP contribution in [0.15, 0.2) is 0 Å². The van der Waals surface area contributed by atoms with E-state index >= 15 is 0 Å². The number of halogens is 2. The van der Waals surface area contributed by atoms with Crippen molar-refractivity contribution in [1.82, 2.24) is 0 Å². The Morgan fingerprint density at radius 2 is 1.40 bits per heavy atom. The van der Waals surface area contributed by atoms with E-state index in [1.54, 1.807) is 0 Å². The molecule has 0 aliphatic rings. The van der Waals surface area contributed by atoms with Gasteiger partial charge in [-0.2, -0.15) is 0 Å². The van der Waals surface area contributed by atoms with Gasteiger partial charge in [0.05, 0.1) is 0 Å². The van der Waals surface area contributed by atoms with Gasteiger partial charge in [0.2, 0.25) is 0 Å². The number of aliphatic hydroxyl groups excluding tert-OH is 1. The summed E-state index contributed by atoms with van der Waals surface area (Å²) in [5, 5.41) is 8.44. The number of ether oxygens (including phenoxy) is 2. The van der Waals surface area contributed by atoms with Crippen LogP contribution in [0.5, 0.6) is 0 Å². The maximum atomic E-state index is 8.44. The van der Waals surface area contributed by atoms with Crippen LogP contribution >= 0.6 is 37.4 Å². The van der Waals surface area contributed by atoms with Crippen molar-refractivity contribution in [3.63, 3.8) is 0 Å². The van der Waals surface area contributed by atoms with E-state index in [4.69, 9.17) is 17.7 Å². The molecule has 0 amide bonds. The van der Waals surface area contributed by atoms with Gasteiger partial charge in [-0.25, -0.2) is 0 Å². The van der Waals surface area contributed by atoms with E-state index in [0.717, 1.165) is 0 Å². The summed E-state index contributed by atoms with van der Waals surface area (Å²) < 4.78 is 16.2. The van der Waals surface area contributed by atoms with E-state index < -0.39 is 9.33 Å². The average molecular weight is 562 g/mol. The fraction of sp³-hybridized carbons (Fsp3) is 1.00. The van der Waals surface area contributed by atoms with E-state index in [0.29, 0.717) is 33.0 Å². The summed E-state index contributed by atoms with van der Waals surface area (Å²) in [4.78, 5) is 4.41. The predicted molar refractivity (Wildman–Crippen MR) is 81.6 cm³/mol. The fourth-order valence-electron chi connectivity index (χ4n) is 0.734. The molecule has 0 unspecified atom stereocenters. The van der Waals surface area contributed by atoms with Gasteiger partial charge in [0.25, 0.3) is 0 Å². The molecule has 7 heteroatoms. The first-order valence-electron chi connectivity index (χ1n) is 4.67. The van der Waals surface area contributed by atoms with Crippen LogP contribution in [-0.4, -0.2) is 54.1 Å². The summed E-state index contributed by atoms with van der Waals surface area (Å²) in [5.41, 5.74) is 0. The first-order chi connectivity index (χ1) is 6.81. The van der Waals surface area contributed by atoms with Crippen LogP contribution in [0.1, 0.15) is 0 Å². The van der Waals surface area contributed by atoms with Gasteiger partial charge in [0, 0.05) is 0 Å². The zero-order valence-electron chi connectivity index (χ0n) is 9.12. The molecular formula is C8H20I2O4Te. The van der Waals surface area contributed by atoms with Gasteiger partial charge in [-0.1, -0.05) is 0 Å². The minimum absolute atomic E-state index is 0.0654. The molecular weight excluding hydrogens is 541 g/mol. The van der Waals surface area contributed by atoms with Gasteiger partial charge in [0.1, 0.15) is 0 Å². The Labute approximate surface area is 112 Å². The van der Waals surface area contributed by atoms with Gasteiger partial charge >= 0.3 is 114 Å². The first kappa shape index (κ1) is 17.1. The van der Waals surface area contributed by atoms with Crippen LogP contribution in [0.4, 0.5) is 0 Å². The molecule has 0 saturated carbocycles. The normalized spacial score (nSPS) is 14.9. The third-order valence-corrected chi connectivity index (χ3v) is 7.57. The van der Waals surface area contributed by atoms with E-state index in [-0.39, 0.29) is 6.61 Å². The van der Waals surface area contributed by atoms with Crippen molar-refractivity contribution in [3.8, 4) is 0 Å². The molecule has 4 nitrogen and oxygen atoms in total. The summed E-state index contributed by atoms with van der Waals surface area (Å²) in [5.74, 6) is 0. The fourth-order valence-corrected chi connectivity index (χ4v) is 5.03. The molecule has 0 aliphatic carbocycles. The number of rotatable bonds is 9. The van der Waals surface area contributed by atoms with Crippen molar-refractivity contribution < 1.29 is 17.7 Å². The summed E-state index contributed by atoms with van der Waals surface area (Å²) in [7, 11) is -2.62. The summed E-state index contributed by atoms with van der Waals surface area (Å²) in [6.07, 6.45) is 0. The molecule has 0 atom stereocenters. The van der Waals surface area contributed by atoms with Gasteiger partial charge in [-0.3, -0.25) is 0 Å². The molecule has 0 aromatic carbocycles. The van der Waals surface area contributed by atoms with Gasteiger partial charge in [-0.15, -0.1) is 0 Å². The van der Waals surface area contributed by atoms with Crippen LogP contribution in [0.25, 0.3) is 0 Å². The van der Waals surface area contributed by atoms with Gasteiger partial charge in [0.15, 0.2) is 0 Å². The zero-order chi connectivity index (χ0) is 11.8. The van der Waals surface area contributed by atoms with Crippen molar-refractivity contribution in [2.75, 3.05) is 39.6 Å². The first-order valence-corrected chi connectivity index (χ1v) is 25.7. The van der Waals surface area contributed by atoms with Crippen molar-refractivity contribution >= 4 is 46.7 Å². The topological polar surface area (TPSA) is 47.9 Å². The van der Waals surface area contributed by atoms with Crippen LogP contribution in [0, 0.1) is 0 Å². The molecule has 0 bridgehead atoms. The Morgan fingerprint density at radius 1 is 0.933 bits per heavy atom. The molecule has 1 N–H and O–H groups in total. The van der Waals surface area contributed by atoms with Crippen LogP contribution in [0.2, 0.25) is 9.94 Å². The third kappa shape index (κ3) is 16.1. The Bertz CT molecular complexity index is 163. The molecule has 0 radical (unpaired) electrons. The van der Waals surface area contributed by atoms with Crippen molar-refractivity contribution in [1.29, 1.82) is 0 Å². The maximum absolute atomic E-state index is 8.44. The molecule has 0 aliphatic heterocycles. The van der Waals surface area contributed by atoms with Crippen molar-refractivity contribution in [2.24, 2.45) is 0 Å². The molecule has 96 valence electrons. The molecule has 0 saturated heterocycles. The standard InChI is InChI=1S/C8H20I2O4Te/c1-15(2,9,10)14-8-7-13-6-5-12-4-3-11/h11,15H,3-8H2,1-2H3. The van der Waals surface area contributed by atoms with Crippen molar-refractivity contribution in [2.45, 2.75) is 9.94 Å². The second-order valence-corrected chi connectivity index (χ2v) is 63.9. The minimum atomic E-state index is -2.62. The van der Waals surface area contributed by atoms with E-state index in [1.165, 1.54) is 0 Å². The second kappa shape index (κ2) is 8.24. The molecule has 0 fully saturated rings. The average Bonchev–Trinajstić information content (AvgIpc) is 2.07. The monoisotopic (exact) mass is 564 g/mol. The van der Waals surface area contributed by atoms with E-state index in [1.807, 2.05) is 0 Å². The Kier molecular flexibility index (Phi) is 9.38. The van der Waals surface area contributed by atoms with Crippen LogP contribution in [-0.2, 0) is 12.6 Å². The van der Waals surface area contributed by atoms with Crippen LogP contribution < -0.4 is 0 Å². The van der Waals surface area contributed by atoms with E-state index in [2.05, 4.69) is 47.3 Å². The number of aliphatic hydroxyl groups is 1. The summed E-state index contributed by atoms with van der Waals surface area (Å²) in [6.45, 7) is 2.80. The SMILES string of the molecule is C[TeH](C)(I)(I)OCCOCCOCCO. The number of hydrogen-bond donors (Lipinski definition) is 1. The molecule has 15 heavy (non-hydrogen) atoms. The third-order valence-electron chi connectivity index (χ3n) is 1.28. The Morgan fingerprint density at radius 3 is 1.87 bits per heavy atom. The molecule has 0 rings (SSSR count). The predicted octanol–water partition coefficient (Wildman–Crippen LogP) is 1.78. The molecule has 0 spiro atoms. The molecule has 0 aromatic heterocycles. The zero-order valence-corrected chi connectivity index (χ0v) is 16.0. The summed E-state index contributed by atoms with van der Waals surface area (Å²) >= 11 is 4.90. The second-order valence-electron chi connectivity index (χ2n) is 3.47. The van der Waals surface area contributed by atoms with Crippen LogP contribution in [0.3, 0.4) is 0 Å². The van der Waals surface area contributed by atoms with Gasteiger partial charge in [-0.05, 0) is 0 Å². The summed E-state index contributed by atoms with van der Waals surface area (Å²) in [6, 6.07) is 0. The number of hydrogen-bond acceptors (Lipinski definition) is 4. The quantitative estimate of drug-likeness (QED) is 0.265. The molecule has 0 aromatic rings. The van der Waals surface area contributed by atoms with E-state index in [9.17, 15) is 0 Å². The molecule has 0 heterocycles. The Hall–Kier alpha value is 2.09. The van der Waals surface area contributed by atoms with Crippen molar-refractivity contribution in [3.05, 3.63) is 0 Å².